The molecule has 0 atom stereocenters. The van der Waals surface area contributed by atoms with E-state index in [1.807, 2.05) is 0 Å². The molecule has 0 radical (unpaired) electrons. The molecular formula is C18H17ClN6O4. The molecule has 1 aromatic heterocycles. The fourth-order valence-electron chi connectivity index (χ4n) is 2.71. The Balaban J connectivity index is 1.57. The van der Waals surface area contributed by atoms with Crippen molar-refractivity contribution in [2.24, 2.45) is 5.73 Å². The van der Waals surface area contributed by atoms with Crippen LogP contribution in [0.15, 0.2) is 41.2 Å². The number of fused-ring (bicyclic) bond motifs is 1. The molecule has 0 aliphatic carbocycles. The van der Waals surface area contributed by atoms with Crippen molar-refractivity contribution in [3.05, 3.63) is 63.0 Å². The average Bonchev–Trinajstić information content (AvgIpc) is 3.06. The van der Waals surface area contributed by atoms with Gasteiger partial charge in [0.1, 0.15) is 0 Å². The second-order valence-corrected chi connectivity index (χ2v) is 6.41. The Bertz CT molecular complexity index is 1150. The highest BCUT2D eigenvalue weighted by atomic mass is 35.5. The number of nitrogens with one attached hydrogen (secondary N) is 5. The number of hydrogen-bond donors (Lipinski definition) is 6. The second-order valence-electron chi connectivity index (χ2n) is 6.00. The molecule has 1 heterocycles. The molecule has 150 valence electrons. The van der Waals surface area contributed by atoms with Crippen LogP contribution in [0.2, 0.25) is 5.02 Å². The minimum atomic E-state index is -0.764. The fourth-order valence-corrected chi connectivity index (χ4v) is 2.91. The second kappa shape index (κ2) is 8.48. The van der Waals surface area contributed by atoms with Crippen LogP contribution >= 0.6 is 11.6 Å². The smallest absolute Gasteiger partial charge is 0.323 e. The predicted molar refractivity (Wildman–Crippen MR) is 108 cm³/mol. The largest absolute Gasteiger partial charge is 0.351 e. The van der Waals surface area contributed by atoms with Gasteiger partial charge in [-0.2, -0.15) is 0 Å². The van der Waals surface area contributed by atoms with Gasteiger partial charge in [-0.25, -0.2) is 9.59 Å². The van der Waals surface area contributed by atoms with Gasteiger partial charge in [0.2, 0.25) is 0 Å². The van der Waals surface area contributed by atoms with E-state index in [4.69, 9.17) is 17.3 Å². The van der Waals surface area contributed by atoms with Crippen LogP contribution in [0.5, 0.6) is 0 Å². The van der Waals surface area contributed by atoms with Crippen LogP contribution in [-0.4, -0.2) is 40.9 Å². The van der Waals surface area contributed by atoms with E-state index in [1.165, 1.54) is 18.2 Å². The van der Waals surface area contributed by atoms with Gasteiger partial charge < -0.3 is 31.7 Å². The number of hydrogen-bond acceptors (Lipinski definition) is 4. The first-order chi connectivity index (χ1) is 13.8. The number of halogens is 1. The molecule has 29 heavy (non-hydrogen) atoms. The van der Waals surface area contributed by atoms with Crippen LogP contribution in [0.4, 0.5) is 10.5 Å². The first kappa shape index (κ1) is 20.0. The molecule has 10 nitrogen and oxygen atoms in total. The lowest BCUT2D eigenvalue weighted by atomic mass is 10.1. The third kappa shape index (κ3) is 4.74. The Morgan fingerprint density at radius 2 is 1.66 bits per heavy atom. The minimum absolute atomic E-state index is 0.133. The van der Waals surface area contributed by atoms with Gasteiger partial charge in [-0.15, -0.1) is 0 Å². The maximum Gasteiger partial charge on any atom is 0.323 e. The summed E-state index contributed by atoms with van der Waals surface area (Å²) in [7, 11) is 0. The monoisotopic (exact) mass is 416 g/mol. The van der Waals surface area contributed by atoms with Crippen molar-refractivity contribution in [1.82, 2.24) is 20.6 Å². The number of nitrogens with two attached hydrogens (primary N) is 1. The summed E-state index contributed by atoms with van der Waals surface area (Å²) < 4.78 is 0. The molecule has 3 aromatic rings. The average molecular weight is 417 g/mol. The molecular weight excluding hydrogens is 400 g/mol. The van der Waals surface area contributed by atoms with Crippen molar-refractivity contribution in [3.63, 3.8) is 0 Å². The number of primary amides is 1. The molecule has 7 N–H and O–H groups in total. The standard InChI is InChI=1S/C18H17ClN6O4/c19-12-5-4-9(23-17(20)28)8-11(12)16(27)22-7-6-21-15(26)10-2-1-3-13-14(10)25-18(29)24-13/h1-5,8H,6-7H2,(H,21,26)(H,22,27)(H3,20,23,28)(H2,24,25,29). The van der Waals surface area contributed by atoms with Gasteiger partial charge in [0.05, 0.1) is 27.2 Å². The van der Waals surface area contributed by atoms with Crippen LogP contribution in [0.25, 0.3) is 11.0 Å². The summed E-state index contributed by atoms with van der Waals surface area (Å²) >= 11 is 6.02. The van der Waals surface area contributed by atoms with Crippen molar-refractivity contribution in [2.75, 3.05) is 18.4 Å². The molecule has 2 aromatic carbocycles. The van der Waals surface area contributed by atoms with E-state index >= 15 is 0 Å². The SMILES string of the molecule is NC(=O)Nc1ccc(Cl)c(C(=O)NCCNC(=O)c2cccc3[nH]c(=O)[nH]c23)c1. The first-order valence-corrected chi connectivity index (χ1v) is 8.86. The molecule has 0 aliphatic heterocycles. The zero-order valence-electron chi connectivity index (χ0n) is 15.0. The Morgan fingerprint density at radius 3 is 2.34 bits per heavy atom. The Kier molecular flexibility index (Phi) is 5.84. The molecule has 0 fully saturated rings. The van der Waals surface area contributed by atoms with Crippen LogP contribution < -0.4 is 27.4 Å². The van der Waals surface area contributed by atoms with E-state index in [1.54, 1.807) is 18.2 Å². The molecule has 0 bridgehead atoms. The number of carbonyl (C=O) groups excluding carboxylic acids is 3. The molecule has 0 unspecified atom stereocenters. The van der Waals surface area contributed by atoms with Crippen molar-refractivity contribution >= 4 is 46.2 Å². The molecule has 11 heteroatoms. The van der Waals surface area contributed by atoms with Crippen LogP contribution in [0, 0.1) is 0 Å². The predicted octanol–water partition coefficient (Wildman–Crippen LogP) is 1.16. The summed E-state index contributed by atoms with van der Waals surface area (Å²) in [6.45, 7) is 0.278. The number of H-pyrrole nitrogens is 2. The number of aromatic amines is 2. The van der Waals surface area contributed by atoms with E-state index in [9.17, 15) is 19.2 Å². The van der Waals surface area contributed by atoms with E-state index in [0.717, 1.165) is 0 Å². The van der Waals surface area contributed by atoms with E-state index in [0.29, 0.717) is 22.3 Å². The summed E-state index contributed by atoms with van der Waals surface area (Å²) in [5.41, 5.74) is 6.36. The number of aromatic nitrogens is 2. The molecule has 0 saturated carbocycles. The number of para-hydroxylation sites is 1. The third-order valence-electron chi connectivity index (χ3n) is 3.97. The number of urea groups is 1. The van der Waals surface area contributed by atoms with Gasteiger partial charge in [0.15, 0.2) is 0 Å². The van der Waals surface area contributed by atoms with Gasteiger partial charge in [-0.05, 0) is 30.3 Å². The van der Waals surface area contributed by atoms with Crippen molar-refractivity contribution in [2.45, 2.75) is 0 Å². The van der Waals surface area contributed by atoms with Gasteiger partial charge in [-0.1, -0.05) is 17.7 Å². The normalized spacial score (nSPS) is 10.5. The van der Waals surface area contributed by atoms with E-state index in [-0.39, 0.29) is 23.7 Å². The van der Waals surface area contributed by atoms with Gasteiger partial charge in [0, 0.05) is 18.8 Å². The zero-order valence-corrected chi connectivity index (χ0v) is 15.7. The Morgan fingerprint density at radius 1 is 0.966 bits per heavy atom. The summed E-state index contributed by atoms with van der Waals surface area (Å²) in [6.07, 6.45) is 0. The first-order valence-electron chi connectivity index (χ1n) is 8.48. The van der Waals surface area contributed by atoms with Crippen LogP contribution in [-0.2, 0) is 0 Å². The zero-order chi connectivity index (χ0) is 21.0. The highest BCUT2D eigenvalue weighted by Crippen LogP contribution is 2.20. The number of rotatable bonds is 6. The summed E-state index contributed by atoms with van der Waals surface area (Å²) in [5.74, 6) is -0.875. The van der Waals surface area contributed by atoms with E-state index < -0.39 is 23.5 Å². The highest BCUT2D eigenvalue weighted by Gasteiger charge is 2.13. The summed E-state index contributed by atoms with van der Waals surface area (Å²) in [4.78, 5) is 52.1. The molecule has 3 rings (SSSR count). The Hall–Kier alpha value is -3.79. The van der Waals surface area contributed by atoms with Gasteiger partial charge >= 0.3 is 11.7 Å². The lowest BCUT2D eigenvalue weighted by Crippen LogP contribution is -2.35. The van der Waals surface area contributed by atoms with Crippen molar-refractivity contribution < 1.29 is 14.4 Å². The number of imidazole rings is 1. The lowest BCUT2D eigenvalue weighted by molar-refractivity contribution is 0.0928. The number of carbonyl (C=O) groups is 3. The van der Waals surface area contributed by atoms with Crippen molar-refractivity contribution in [3.8, 4) is 0 Å². The molecule has 0 spiro atoms. The van der Waals surface area contributed by atoms with Crippen molar-refractivity contribution in [1.29, 1.82) is 0 Å². The molecule has 0 aliphatic rings. The lowest BCUT2D eigenvalue weighted by Gasteiger charge is -2.10. The molecule has 4 amide bonds. The van der Waals surface area contributed by atoms with Crippen LogP contribution in [0.3, 0.4) is 0 Å². The minimum Gasteiger partial charge on any atom is -0.351 e. The van der Waals surface area contributed by atoms with Gasteiger partial charge in [-0.3, -0.25) is 9.59 Å². The summed E-state index contributed by atoms with van der Waals surface area (Å²) in [6, 6.07) is 8.51. The Labute approximate surface area is 168 Å². The van der Waals surface area contributed by atoms with Gasteiger partial charge in [0.25, 0.3) is 11.8 Å². The topological polar surface area (TPSA) is 162 Å². The molecule has 0 saturated heterocycles. The number of benzene rings is 2. The fraction of sp³-hybridized carbons (Fsp3) is 0.111. The summed E-state index contributed by atoms with van der Waals surface area (Å²) in [5, 5.41) is 7.84. The third-order valence-corrected chi connectivity index (χ3v) is 4.30. The van der Waals surface area contributed by atoms with E-state index in [2.05, 4.69) is 25.9 Å². The van der Waals surface area contributed by atoms with Crippen LogP contribution in [0.1, 0.15) is 20.7 Å². The maximum atomic E-state index is 12.4. The number of anilines is 1. The number of amides is 4. The maximum absolute atomic E-state index is 12.4. The highest BCUT2D eigenvalue weighted by molar-refractivity contribution is 6.34. The quantitative estimate of drug-likeness (QED) is 0.332.